The second kappa shape index (κ2) is 13.0. The lowest BCUT2D eigenvalue weighted by Gasteiger charge is -2.30. The molecule has 2 aromatic heterocycles. The van der Waals surface area contributed by atoms with E-state index >= 15 is 0 Å². The van der Waals surface area contributed by atoms with Crippen LogP contribution in [0.15, 0.2) is 209 Å². The zero-order valence-electron chi connectivity index (χ0n) is 30.2. The fourth-order valence-corrected chi connectivity index (χ4v) is 8.08. The third-order valence-electron chi connectivity index (χ3n) is 10.6. The van der Waals surface area contributed by atoms with E-state index in [-0.39, 0.29) is 0 Å². The van der Waals surface area contributed by atoms with Crippen LogP contribution in [0.1, 0.15) is 0 Å². The van der Waals surface area contributed by atoms with Crippen LogP contribution >= 0.6 is 0 Å². The maximum absolute atomic E-state index is 6.72. The van der Waals surface area contributed by atoms with Gasteiger partial charge in [0.05, 0.1) is 16.8 Å². The molecule has 0 spiro atoms. The van der Waals surface area contributed by atoms with Crippen molar-refractivity contribution < 1.29 is 8.83 Å². The Balaban J connectivity index is 1.18. The van der Waals surface area contributed by atoms with Crippen molar-refractivity contribution in [3.8, 4) is 11.5 Å². The molecule has 0 aliphatic rings. The molecule has 11 rings (SSSR count). The molecular formula is C51H33N3O2. The molecule has 0 aliphatic heterocycles. The number of furan rings is 1. The van der Waals surface area contributed by atoms with Gasteiger partial charge < -0.3 is 18.6 Å². The van der Waals surface area contributed by atoms with Crippen molar-refractivity contribution in [2.75, 3.05) is 9.80 Å². The van der Waals surface area contributed by atoms with E-state index in [0.717, 1.165) is 94.3 Å². The normalized spacial score (nSPS) is 11.6. The van der Waals surface area contributed by atoms with Crippen LogP contribution in [-0.4, -0.2) is 4.98 Å². The average Bonchev–Trinajstić information content (AvgIpc) is 3.87. The van der Waals surface area contributed by atoms with E-state index in [1.807, 2.05) is 42.5 Å². The summed E-state index contributed by atoms with van der Waals surface area (Å²) in [5, 5.41) is 6.45. The van der Waals surface area contributed by atoms with Crippen molar-refractivity contribution >= 4 is 88.7 Å². The highest BCUT2D eigenvalue weighted by molar-refractivity contribution is 6.19. The van der Waals surface area contributed by atoms with Gasteiger partial charge in [0.2, 0.25) is 5.89 Å². The summed E-state index contributed by atoms with van der Waals surface area (Å²) in [6.07, 6.45) is 0. The summed E-state index contributed by atoms with van der Waals surface area (Å²) in [7, 11) is 0. The first-order valence-corrected chi connectivity index (χ1v) is 18.8. The highest BCUT2D eigenvalue weighted by atomic mass is 16.3. The Labute approximate surface area is 322 Å². The lowest BCUT2D eigenvalue weighted by Crippen LogP contribution is -2.13. The van der Waals surface area contributed by atoms with E-state index in [2.05, 4.69) is 168 Å². The number of aromatic nitrogens is 1. The molecule has 0 saturated heterocycles. The van der Waals surface area contributed by atoms with Gasteiger partial charge in [-0.05, 0) is 95.0 Å². The number of hydrogen-bond acceptors (Lipinski definition) is 5. The Morgan fingerprint density at radius 2 is 0.964 bits per heavy atom. The fourth-order valence-electron chi connectivity index (χ4n) is 8.08. The van der Waals surface area contributed by atoms with E-state index in [4.69, 9.17) is 13.8 Å². The predicted octanol–water partition coefficient (Wildman–Crippen LogP) is 14.6. The van der Waals surface area contributed by atoms with E-state index in [0.29, 0.717) is 5.89 Å². The maximum atomic E-state index is 6.72. The van der Waals surface area contributed by atoms with Gasteiger partial charge in [-0.1, -0.05) is 115 Å². The zero-order chi connectivity index (χ0) is 37.0. The minimum absolute atomic E-state index is 0.611. The van der Waals surface area contributed by atoms with Gasteiger partial charge in [0.25, 0.3) is 0 Å². The van der Waals surface area contributed by atoms with Crippen molar-refractivity contribution in [3.05, 3.63) is 200 Å². The topological polar surface area (TPSA) is 45.7 Å². The standard InChI is InChI=1S/C51H33N3O2/c1-5-15-36(16-6-1)51-52-44-30-28-35-26-25-34-27-29-40(31-43(34)48(35)50(44)56-51)53(37-17-7-2-8-18-37)41-32-45(49-42-23-13-14-24-46(42)55-47(49)33-41)54(38-19-9-3-10-20-38)39-21-11-4-12-22-39/h1-33H. The number of oxazole rings is 1. The summed E-state index contributed by atoms with van der Waals surface area (Å²) in [6.45, 7) is 0. The summed E-state index contributed by atoms with van der Waals surface area (Å²) < 4.78 is 13.3. The molecule has 5 heteroatoms. The van der Waals surface area contributed by atoms with Gasteiger partial charge in [-0.3, -0.25) is 0 Å². The molecule has 0 atom stereocenters. The largest absolute Gasteiger partial charge is 0.456 e. The molecule has 0 saturated carbocycles. The van der Waals surface area contributed by atoms with Crippen LogP contribution in [0.5, 0.6) is 0 Å². The Morgan fingerprint density at radius 1 is 0.375 bits per heavy atom. The van der Waals surface area contributed by atoms with Crippen LogP contribution in [0, 0.1) is 0 Å². The van der Waals surface area contributed by atoms with Gasteiger partial charge in [0, 0.05) is 45.2 Å². The van der Waals surface area contributed by atoms with Crippen LogP contribution in [0.2, 0.25) is 0 Å². The predicted molar refractivity (Wildman–Crippen MR) is 231 cm³/mol. The number of benzene rings is 9. The first-order valence-electron chi connectivity index (χ1n) is 18.8. The third kappa shape index (κ3) is 5.29. The second-order valence-corrected chi connectivity index (χ2v) is 14.0. The molecule has 264 valence electrons. The van der Waals surface area contributed by atoms with Gasteiger partial charge in [0.15, 0.2) is 5.58 Å². The quantitative estimate of drug-likeness (QED) is 0.153. The molecule has 0 N–H and O–H groups in total. The second-order valence-electron chi connectivity index (χ2n) is 14.0. The molecule has 0 bridgehead atoms. The first-order chi connectivity index (χ1) is 27.8. The summed E-state index contributed by atoms with van der Waals surface area (Å²) in [5.41, 5.74) is 10.3. The summed E-state index contributed by atoms with van der Waals surface area (Å²) in [6, 6.07) is 69.7. The van der Waals surface area contributed by atoms with E-state index < -0.39 is 0 Å². The SMILES string of the molecule is c1ccc(-c2nc3ccc4ccc5ccc(N(c6ccccc6)c6cc(N(c7ccccc7)c7ccccc7)c7c(c6)oc6ccccc67)cc5c4c3o2)cc1. The van der Waals surface area contributed by atoms with Crippen LogP contribution in [0.3, 0.4) is 0 Å². The number of rotatable bonds is 7. The zero-order valence-corrected chi connectivity index (χ0v) is 30.2. The minimum Gasteiger partial charge on any atom is -0.456 e. The van der Waals surface area contributed by atoms with E-state index in [1.165, 1.54) is 0 Å². The molecule has 2 heterocycles. The van der Waals surface area contributed by atoms with E-state index in [1.54, 1.807) is 0 Å². The number of anilines is 6. The van der Waals surface area contributed by atoms with Gasteiger partial charge in [-0.25, -0.2) is 4.98 Å². The Bertz CT molecular complexity index is 3150. The lowest BCUT2D eigenvalue weighted by molar-refractivity contribution is 0.623. The Hall–Kier alpha value is -7.63. The van der Waals surface area contributed by atoms with Crippen molar-refractivity contribution in [2.45, 2.75) is 0 Å². The van der Waals surface area contributed by atoms with Gasteiger partial charge in [-0.2, -0.15) is 0 Å². The van der Waals surface area contributed by atoms with Crippen LogP contribution in [0.25, 0.3) is 66.0 Å². The van der Waals surface area contributed by atoms with Crippen LogP contribution in [-0.2, 0) is 0 Å². The van der Waals surface area contributed by atoms with Gasteiger partial charge in [-0.15, -0.1) is 0 Å². The summed E-state index contributed by atoms with van der Waals surface area (Å²) in [5.74, 6) is 0.611. The maximum Gasteiger partial charge on any atom is 0.227 e. The molecular weight excluding hydrogens is 687 g/mol. The number of fused-ring (bicyclic) bond motifs is 8. The Morgan fingerprint density at radius 3 is 1.68 bits per heavy atom. The molecule has 0 fully saturated rings. The van der Waals surface area contributed by atoms with Crippen molar-refractivity contribution in [1.82, 2.24) is 4.98 Å². The highest BCUT2D eigenvalue weighted by Crippen LogP contribution is 2.48. The lowest BCUT2D eigenvalue weighted by atomic mass is 10.00. The molecule has 0 aliphatic carbocycles. The highest BCUT2D eigenvalue weighted by Gasteiger charge is 2.24. The molecule has 56 heavy (non-hydrogen) atoms. The van der Waals surface area contributed by atoms with Gasteiger partial charge in [0.1, 0.15) is 16.7 Å². The number of nitrogens with zero attached hydrogens (tertiary/aromatic N) is 3. The smallest absolute Gasteiger partial charge is 0.227 e. The number of hydrogen-bond donors (Lipinski definition) is 0. The number of para-hydroxylation sites is 4. The minimum atomic E-state index is 0.611. The van der Waals surface area contributed by atoms with Crippen molar-refractivity contribution in [1.29, 1.82) is 0 Å². The average molecular weight is 720 g/mol. The molecule has 5 nitrogen and oxygen atoms in total. The third-order valence-corrected chi connectivity index (χ3v) is 10.6. The van der Waals surface area contributed by atoms with E-state index in [9.17, 15) is 0 Å². The first kappa shape index (κ1) is 31.9. The monoisotopic (exact) mass is 719 g/mol. The fraction of sp³-hybridized carbons (Fsp3) is 0. The Kier molecular flexibility index (Phi) is 7.42. The van der Waals surface area contributed by atoms with Gasteiger partial charge >= 0.3 is 0 Å². The molecule has 11 aromatic rings. The molecule has 0 unspecified atom stereocenters. The van der Waals surface area contributed by atoms with Crippen LogP contribution in [0.4, 0.5) is 34.1 Å². The van der Waals surface area contributed by atoms with Crippen molar-refractivity contribution in [2.24, 2.45) is 0 Å². The van der Waals surface area contributed by atoms with Crippen LogP contribution < -0.4 is 9.80 Å². The summed E-state index contributed by atoms with van der Waals surface area (Å²) in [4.78, 5) is 9.57. The molecule has 9 aromatic carbocycles. The molecule has 0 amide bonds. The summed E-state index contributed by atoms with van der Waals surface area (Å²) >= 11 is 0. The van der Waals surface area contributed by atoms with Crippen molar-refractivity contribution in [3.63, 3.8) is 0 Å². The molecule has 0 radical (unpaired) electrons.